The molecule has 0 bridgehead atoms. The fourth-order valence-corrected chi connectivity index (χ4v) is 4.50. The van der Waals surface area contributed by atoms with Crippen LogP contribution < -0.4 is 16.8 Å². The molecule has 3 amide bonds. The Kier molecular flexibility index (Phi) is 4.23. The van der Waals surface area contributed by atoms with Crippen LogP contribution in [0.4, 0.5) is 9.80 Å². The molecule has 0 fully saturated rings. The van der Waals surface area contributed by atoms with Crippen molar-refractivity contribution >= 4 is 51.5 Å². The maximum Gasteiger partial charge on any atom is 0.317 e. The first-order valence-corrected chi connectivity index (χ1v) is 8.46. The van der Waals surface area contributed by atoms with Gasteiger partial charge in [0, 0.05) is 4.88 Å². The molecule has 3 rings (SSSR count). The van der Waals surface area contributed by atoms with Crippen LogP contribution in [0.15, 0.2) is 12.1 Å². The molecule has 1 heterocycles. The van der Waals surface area contributed by atoms with Crippen molar-refractivity contribution in [2.45, 2.75) is 19.3 Å². The molecule has 0 aliphatic heterocycles. The number of anilines is 1. The molecule has 1 aliphatic rings. The van der Waals surface area contributed by atoms with Gasteiger partial charge in [0.2, 0.25) is 0 Å². The Hall–Kier alpha value is -1.76. The topological polar surface area (TPSA) is 98.2 Å². The lowest BCUT2D eigenvalue weighted by atomic mass is 10.0. The molecule has 0 radical (unpaired) electrons. The van der Waals surface area contributed by atoms with Gasteiger partial charge in [0.1, 0.15) is 5.00 Å². The molecule has 8 heteroatoms. The monoisotopic (exact) mass is 369 g/mol. The highest BCUT2D eigenvalue weighted by Crippen LogP contribution is 2.45. The van der Waals surface area contributed by atoms with Crippen LogP contribution in [0, 0.1) is 0 Å². The summed E-state index contributed by atoms with van der Waals surface area (Å²) in [4.78, 5) is 23.9. The number of fused-ring (bicyclic) bond motifs is 3. The van der Waals surface area contributed by atoms with E-state index in [2.05, 4.69) is 5.32 Å². The van der Waals surface area contributed by atoms with Gasteiger partial charge in [-0.2, -0.15) is 0 Å². The minimum atomic E-state index is -0.738. The third-order valence-electron chi connectivity index (χ3n) is 3.75. The second kappa shape index (κ2) is 6.03. The predicted octanol–water partition coefficient (Wildman–Crippen LogP) is 3.80. The van der Waals surface area contributed by atoms with Crippen molar-refractivity contribution in [2.24, 2.45) is 11.5 Å². The first-order chi connectivity index (χ1) is 10.9. The molecular formula is C15H13Cl2N3O2S. The van der Waals surface area contributed by atoms with Crippen LogP contribution in [-0.2, 0) is 12.8 Å². The molecule has 2 aromatic rings. The van der Waals surface area contributed by atoms with Crippen LogP contribution >= 0.6 is 34.5 Å². The zero-order valence-corrected chi connectivity index (χ0v) is 14.2. The highest BCUT2D eigenvalue weighted by Gasteiger charge is 2.27. The van der Waals surface area contributed by atoms with Crippen molar-refractivity contribution in [2.75, 3.05) is 5.32 Å². The smallest absolute Gasteiger partial charge is 0.317 e. The number of urea groups is 1. The number of aryl methyl sites for hydroxylation is 1. The van der Waals surface area contributed by atoms with Crippen LogP contribution in [0.2, 0.25) is 10.0 Å². The van der Waals surface area contributed by atoms with Gasteiger partial charge in [0.05, 0.1) is 15.6 Å². The zero-order chi connectivity index (χ0) is 16.7. The number of hydrogen-bond donors (Lipinski definition) is 3. The van der Waals surface area contributed by atoms with Crippen LogP contribution in [0.1, 0.15) is 27.9 Å². The maximum atomic E-state index is 11.9. The summed E-state index contributed by atoms with van der Waals surface area (Å²) in [5.41, 5.74) is 13.8. The Morgan fingerprint density at radius 3 is 2.48 bits per heavy atom. The average molecular weight is 370 g/mol. The summed E-state index contributed by atoms with van der Waals surface area (Å²) in [6.45, 7) is 0. The molecule has 5 nitrogen and oxygen atoms in total. The Labute approximate surface area is 146 Å². The molecule has 1 aliphatic carbocycles. The Morgan fingerprint density at radius 1 is 1.13 bits per heavy atom. The SMILES string of the molecule is NC(=O)Nc1sc2c(c1C(N)=O)CCCc1cc(Cl)c(Cl)cc1-2. The number of nitrogens with two attached hydrogens (primary N) is 2. The van der Waals surface area contributed by atoms with E-state index in [0.29, 0.717) is 27.0 Å². The van der Waals surface area contributed by atoms with E-state index in [1.165, 1.54) is 11.3 Å². The number of thiophene rings is 1. The van der Waals surface area contributed by atoms with Crippen molar-refractivity contribution in [3.63, 3.8) is 0 Å². The van der Waals surface area contributed by atoms with E-state index >= 15 is 0 Å². The summed E-state index contributed by atoms with van der Waals surface area (Å²) in [5, 5.41) is 3.79. The molecule has 120 valence electrons. The molecule has 0 atom stereocenters. The number of carbonyl (C=O) groups excluding carboxylic acids is 2. The van der Waals surface area contributed by atoms with E-state index in [-0.39, 0.29) is 0 Å². The van der Waals surface area contributed by atoms with E-state index in [1.807, 2.05) is 6.07 Å². The number of benzene rings is 1. The summed E-state index contributed by atoms with van der Waals surface area (Å²) in [6.07, 6.45) is 2.34. The first-order valence-electron chi connectivity index (χ1n) is 6.88. The minimum Gasteiger partial charge on any atom is -0.365 e. The molecule has 0 saturated heterocycles. The maximum absolute atomic E-state index is 11.9. The third kappa shape index (κ3) is 2.89. The average Bonchev–Trinajstić information content (AvgIpc) is 2.71. The summed E-state index contributed by atoms with van der Waals surface area (Å²) in [6, 6.07) is 2.90. The largest absolute Gasteiger partial charge is 0.365 e. The van der Waals surface area contributed by atoms with Crippen LogP contribution in [0.3, 0.4) is 0 Å². The third-order valence-corrected chi connectivity index (χ3v) is 5.66. The van der Waals surface area contributed by atoms with Gasteiger partial charge in [-0.3, -0.25) is 10.1 Å². The standard InChI is InChI=1S/C15H13Cl2N3O2S/c16-9-4-6-2-1-3-7-11(13(18)21)14(20-15(19)22)23-12(7)8(6)5-10(9)17/h4-5H,1-3H2,(H2,18,21)(H3,19,20,22). The second-order valence-corrected chi connectivity index (χ2v) is 7.08. The fraction of sp³-hybridized carbons (Fsp3) is 0.200. The van der Waals surface area contributed by atoms with Crippen molar-refractivity contribution in [3.05, 3.63) is 38.9 Å². The molecular weight excluding hydrogens is 357 g/mol. The molecule has 5 N–H and O–H groups in total. The van der Waals surface area contributed by atoms with Crippen molar-refractivity contribution < 1.29 is 9.59 Å². The molecule has 1 aromatic carbocycles. The lowest BCUT2D eigenvalue weighted by Gasteiger charge is -2.08. The number of carbonyl (C=O) groups is 2. The van der Waals surface area contributed by atoms with Gasteiger partial charge < -0.3 is 11.5 Å². The summed E-state index contributed by atoms with van der Waals surface area (Å²) >= 11 is 13.5. The lowest BCUT2D eigenvalue weighted by Crippen LogP contribution is -2.22. The molecule has 23 heavy (non-hydrogen) atoms. The quantitative estimate of drug-likeness (QED) is 0.749. The van der Waals surface area contributed by atoms with Crippen LogP contribution in [0.5, 0.6) is 0 Å². The second-order valence-electron chi connectivity index (χ2n) is 5.24. The summed E-state index contributed by atoms with van der Waals surface area (Å²) in [5.74, 6) is -0.588. The number of hydrogen-bond acceptors (Lipinski definition) is 3. The van der Waals surface area contributed by atoms with E-state index in [0.717, 1.165) is 34.4 Å². The van der Waals surface area contributed by atoms with Gasteiger partial charge in [-0.25, -0.2) is 4.79 Å². The Morgan fingerprint density at radius 2 is 1.83 bits per heavy atom. The van der Waals surface area contributed by atoms with Crippen molar-refractivity contribution in [1.82, 2.24) is 0 Å². The molecule has 0 spiro atoms. The van der Waals surface area contributed by atoms with Gasteiger partial charge in [-0.15, -0.1) is 11.3 Å². The molecule has 0 unspecified atom stereocenters. The van der Waals surface area contributed by atoms with Gasteiger partial charge in [-0.1, -0.05) is 23.2 Å². The highest BCUT2D eigenvalue weighted by molar-refractivity contribution is 7.20. The van der Waals surface area contributed by atoms with Gasteiger partial charge in [-0.05, 0) is 48.1 Å². The zero-order valence-electron chi connectivity index (χ0n) is 11.9. The van der Waals surface area contributed by atoms with E-state index in [4.69, 9.17) is 34.7 Å². The van der Waals surface area contributed by atoms with Crippen molar-refractivity contribution in [1.29, 1.82) is 0 Å². The van der Waals surface area contributed by atoms with Gasteiger partial charge in [0.15, 0.2) is 0 Å². The Balaban J connectivity index is 2.26. The van der Waals surface area contributed by atoms with E-state index < -0.39 is 11.9 Å². The number of rotatable bonds is 2. The van der Waals surface area contributed by atoms with Crippen molar-refractivity contribution in [3.8, 4) is 10.4 Å². The minimum absolute atomic E-state index is 0.322. The van der Waals surface area contributed by atoms with Gasteiger partial charge in [0.25, 0.3) is 5.91 Å². The van der Waals surface area contributed by atoms with Crippen LogP contribution in [-0.4, -0.2) is 11.9 Å². The predicted molar refractivity (Wildman–Crippen MR) is 93.5 cm³/mol. The summed E-state index contributed by atoms with van der Waals surface area (Å²) in [7, 11) is 0. The highest BCUT2D eigenvalue weighted by atomic mass is 35.5. The van der Waals surface area contributed by atoms with Gasteiger partial charge >= 0.3 is 6.03 Å². The first kappa shape index (κ1) is 16.1. The fourth-order valence-electron chi connectivity index (χ4n) is 2.84. The number of amides is 3. The molecule has 1 aromatic heterocycles. The molecule has 0 saturated carbocycles. The number of nitrogens with one attached hydrogen (secondary N) is 1. The van der Waals surface area contributed by atoms with E-state index in [9.17, 15) is 9.59 Å². The summed E-state index contributed by atoms with van der Waals surface area (Å²) < 4.78 is 0. The number of halogens is 2. The van der Waals surface area contributed by atoms with Crippen LogP contribution in [0.25, 0.3) is 10.4 Å². The lowest BCUT2D eigenvalue weighted by molar-refractivity contribution is 0.100. The normalized spacial score (nSPS) is 13.0. The van der Waals surface area contributed by atoms with E-state index in [1.54, 1.807) is 6.07 Å². The number of primary amides is 2. The Bertz CT molecular complexity index is 833.